The van der Waals surface area contributed by atoms with Gasteiger partial charge >= 0.3 is 12.1 Å². The summed E-state index contributed by atoms with van der Waals surface area (Å²) in [5, 5.41) is 18.7. The molecule has 3 aromatic carbocycles. The monoisotopic (exact) mass is 645 g/mol. The minimum absolute atomic E-state index is 0.00270. The van der Waals surface area contributed by atoms with Crippen LogP contribution in [-0.2, 0) is 30.3 Å². The summed E-state index contributed by atoms with van der Waals surface area (Å²) in [7, 11) is 0. The average Bonchev–Trinajstić information content (AvgIpc) is 3.38. The molecule has 0 fully saturated rings. The maximum Gasteiger partial charge on any atom is 0.407 e. The van der Waals surface area contributed by atoms with Gasteiger partial charge in [-0.05, 0) is 41.2 Å². The fourth-order valence-electron chi connectivity index (χ4n) is 5.33. The molecule has 0 unspecified atom stereocenters. The van der Waals surface area contributed by atoms with Crippen molar-refractivity contribution in [3.8, 4) is 11.1 Å². The topological polar surface area (TPSA) is 143 Å². The zero-order valence-electron chi connectivity index (χ0n) is 25.6. The Morgan fingerprint density at radius 2 is 1.48 bits per heavy atom. The Morgan fingerprint density at radius 3 is 2.09 bits per heavy atom. The van der Waals surface area contributed by atoms with E-state index < -0.39 is 48.1 Å². The highest BCUT2D eigenvalue weighted by Crippen LogP contribution is 2.44. The van der Waals surface area contributed by atoms with Gasteiger partial charge in [0.15, 0.2) is 0 Å². The van der Waals surface area contributed by atoms with Crippen LogP contribution in [0, 0.1) is 0 Å². The Bertz CT molecular complexity index is 1490. The summed E-state index contributed by atoms with van der Waals surface area (Å²) in [6.07, 6.45) is -0.769. The van der Waals surface area contributed by atoms with Gasteiger partial charge in [-0.15, -0.1) is 0 Å². The number of aliphatic hydroxyl groups excluding tert-OH is 1. The molecule has 3 amide bonds. The molecular weight excluding hydrogens is 606 g/mol. The standard InChI is InChI=1S/C35H39N3O7S/c1-3-17-44-32(40)19-31(39)29(18-23-11-5-4-6-12-23)37-34(42)30(21-46)38-33(41)22(2)36-35(43)45-20-28-26-15-9-7-13-24(26)25-14-8-10-16-27(25)28/h3-16,22,28-31,39,46H,1,17-21H2,2H3,(H,36,43)(H,37,42)(H,38,41)/t22-,29-,30-,31+/m1/s1. The summed E-state index contributed by atoms with van der Waals surface area (Å²) in [6.45, 7) is 5.05. The summed E-state index contributed by atoms with van der Waals surface area (Å²) < 4.78 is 10.5. The minimum Gasteiger partial charge on any atom is -0.461 e. The van der Waals surface area contributed by atoms with Crippen LogP contribution in [0.15, 0.2) is 91.5 Å². The van der Waals surface area contributed by atoms with Gasteiger partial charge in [-0.1, -0.05) is 91.5 Å². The number of carbonyl (C=O) groups is 4. The van der Waals surface area contributed by atoms with Gasteiger partial charge in [-0.2, -0.15) is 12.6 Å². The number of hydrogen-bond donors (Lipinski definition) is 5. The number of alkyl carbamates (subject to hydrolysis) is 1. The van der Waals surface area contributed by atoms with Crippen molar-refractivity contribution in [3.05, 3.63) is 108 Å². The minimum atomic E-state index is -1.27. The van der Waals surface area contributed by atoms with Gasteiger partial charge in [-0.3, -0.25) is 14.4 Å². The number of esters is 1. The van der Waals surface area contributed by atoms with Crippen molar-refractivity contribution in [2.24, 2.45) is 0 Å². The second-order valence-electron chi connectivity index (χ2n) is 11.0. The average molecular weight is 646 g/mol. The molecule has 4 atom stereocenters. The largest absolute Gasteiger partial charge is 0.461 e. The number of rotatable bonds is 15. The third-order valence-corrected chi connectivity index (χ3v) is 8.08. The lowest BCUT2D eigenvalue weighted by Gasteiger charge is -2.27. The zero-order valence-corrected chi connectivity index (χ0v) is 26.5. The number of amides is 3. The third-order valence-electron chi connectivity index (χ3n) is 7.72. The molecule has 0 bridgehead atoms. The van der Waals surface area contributed by atoms with E-state index in [1.807, 2.05) is 78.9 Å². The molecule has 4 rings (SSSR count). The Labute approximate surface area is 274 Å². The van der Waals surface area contributed by atoms with Crippen molar-refractivity contribution < 1.29 is 33.8 Å². The summed E-state index contributed by atoms with van der Waals surface area (Å²) in [5.41, 5.74) is 5.14. The maximum absolute atomic E-state index is 13.2. The molecular formula is C35H39N3O7S. The molecule has 0 heterocycles. The summed E-state index contributed by atoms with van der Waals surface area (Å²) in [4.78, 5) is 51.0. The third kappa shape index (κ3) is 8.98. The normalized spacial score (nSPS) is 14.4. The van der Waals surface area contributed by atoms with E-state index in [9.17, 15) is 24.3 Å². The van der Waals surface area contributed by atoms with Gasteiger partial charge in [0.25, 0.3) is 0 Å². The molecule has 1 aliphatic carbocycles. The molecule has 3 aromatic rings. The number of benzene rings is 3. The van der Waals surface area contributed by atoms with Crippen molar-refractivity contribution in [2.45, 2.75) is 49.9 Å². The van der Waals surface area contributed by atoms with Crippen LogP contribution in [0.1, 0.15) is 36.0 Å². The fraction of sp³-hybridized carbons (Fsp3) is 0.314. The lowest BCUT2D eigenvalue weighted by atomic mass is 9.98. The van der Waals surface area contributed by atoms with Crippen LogP contribution < -0.4 is 16.0 Å². The molecule has 46 heavy (non-hydrogen) atoms. The molecule has 0 aliphatic heterocycles. The van der Waals surface area contributed by atoms with E-state index >= 15 is 0 Å². The van der Waals surface area contributed by atoms with Crippen LogP contribution in [0.2, 0.25) is 0 Å². The second-order valence-corrected chi connectivity index (χ2v) is 11.3. The molecule has 0 saturated heterocycles. The number of aliphatic hydroxyl groups is 1. The summed E-state index contributed by atoms with van der Waals surface area (Å²) >= 11 is 4.23. The van der Waals surface area contributed by atoms with Gasteiger partial charge in [0, 0.05) is 11.7 Å². The Kier molecular flexibility index (Phi) is 12.4. The first-order valence-electron chi connectivity index (χ1n) is 15.0. The van der Waals surface area contributed by atoms with Gasteiger partial charge in [-0.25, -0.2) is 4.79 Å². The van der Waals surface area contributed by atoms with E-state index in [1.165, 1.54) is 13.0 Å². The molecule has 0 saturated carbocycles. The summed E-state index contributed by atoms with van der Waals surface area (Å²) in [5.74, 6) is -2.09. The number of hydrogen-bond acceptors (Lipinski definition) is 8. The number of ether oxygens (including phenoxy) is 2. The predicted octanol–water partition coefficient (Wildman–Crippen LogP) is 3.54. The number of carbonyl (C=O) groups excluding carboxylic acids is 4. The fourth-order valence-corrected chi connectivity index (χ4v) is 5.59. The van der Waals surface area contributed by atoms with Crippen LogP contribution in [0.5, 0.6) is 0 Å². The van der Waals surface area contributed by atoms with Crippen LogP contribution in [0.3, 0.4) is 0 Å². The molecule has 1 aliphatic rings. The van der Waals surface area contributed by atoms with Gasteiger partial charge in [0.05, 0.1) is 18.6 Å². The van der Waals surface area contributed by atoms with Crippen molar-refractivity contribution in [1.82, 2.24) is 16.0 Å². The highest BCUT2D eigenvalue weighted by atomic mass is 32.1. The second kappa shape index (κ2) is 16.6. The lowest BCUT2D eigenvalue weighted by Crippen LogP contribution is -2.56. The summed E-state index contributed by atoms with van der Waals surface area (Å²) in [6, 6.07) is 22.1. The molecule has 0 radical (unpaired) electrons. The predicted molar refractivity (Wildman–Crippen MR) is 177 cm³/mol. The molecule has 0 aromatic heterocycles. The Hall–Kier alpha value is -4.61. The van der Waals surface area contributed by atoms with E-state index in [2.05, 4.69) is 35.2 Å². The first kappa shape index (κ1) is 34.3. The van der Waals surface area contributed by atoms with Crippen LogP contribution >= 0.6 is 12.6 Å². The Balaban J connectivity index is 1.32. The van der Waals surface area contributed by atoms with Crippen LogP contribution in [-0.4, -0.2) is 72.2 Å². The maximum atomic E-state index is 13.2. The molecule has 4 N–H and O–H groups in total. The van der Waals surface area contributed by atoms with Crippen LogP contribution in [0.4, 0.5) is 4.79 Å². The first-order valence-corrected chi connectivity index (χ1v) is 15.7. The van der Waals surface area contributed by atoms with Crippen molar-refractivity contribution in [1.29, 1.82) is 0 Å². The van der Waals surface area contributed by atoms with E-state index in [-0.39, 0.29) is 37.7 Å². The molecule has 242 valence electrons. The number of nitrogens with one attached hydrogen (secondary N) is 3. The van der Waals surface area contributed by atoms with Gasteiger partial charge < -0.3 is 30.5 Å². The SMILES string of the molecule is C=CCOC(=O)C[C@H](O)[C@@H](Cc1ccccc1)NC(=O)[C@@H](CS)NC(=O)[C@@H](C)NC(=O)OCC1c2ccccc2-c2ccccc21. The van der Waals surface area contributed by atoms with Crippen molar-refractivity contribution >= 4 is 36.5 Å². The Morgan fingerprint density at radius 1 is 0.870 bits per heavy atom. The van der Waals surface area contributed by atoms with Crippen molar-refractivity contribution in [2.75, 3.05) is 19.0 Å². The van der Waals surface area contributed by atoms with E-state index in [1.54, 1.807) is 0 Å². The molecule has 11 heteroatoms. The van der Waals surface area contributed by atoms with Crippen LogP contribution in [0.25, 0.3) is 11.1 Å². The lowest BCUT2D eigenvalue weighted by molar-refractivity contribution is -0.145. The molecule has 0 spiro atoms. The molecule has 10 nitrogen and oxygen atoms in total. The highest BCUT2D eigenvalue weighted by molar-refractivity contribution is 7.80. The van der Waals surface area contributed by atoms with Gasteiger partial charge in [0.2, 0.25) is 11.8 Å². The quantitative estimate of drug-likeness (QED) is 0.0967. The number of thiol groups is 1. The zero-order chi connectivity index (χ0) is 33.1. The van der Waals surface area contributed by atoms with Crippen molar-refractivity contribution in [3.63, 3.8) is 0 Å². The van der Waals surface area contributed by atoms with Gasteiger partial charge in [0.1, 0.15) is 25.3 Å². The van der Waals surface area contributed by atoms with E-state index in [0.29, 0.717) is 0 Å². The highest BCUT2D eigenvalue weighted by Gasteiger charge is 2.31. The van der Waals surface area contributed by atoms with E-state index in [0.717, 1.165) is 27.8 Å². The van der Waals surface area contributed by atoms with E-state index in [4.69, 9.17) is 9.47 Å². The number of fused-ring (bicyclic) bond motifs is 3. The smallest absolute Gasteiger partial charge is 0.407 e. The first-order chi connectivity index (χ1) is 22.2.